The molecular formula is C21H18N10O2. The van der Waals surface area contributed by atoms with Crippen LogP contribution in [0.4, 0.5) is 11.6 Å². The first-order valence-electron chi connectivity index (χ1n) is 10.3. The topological polar surface area (TPSA) is 154 Å². The van der Waals surface area contributed by atoms with Gasteiger partial charge in [-0.25, -0.2) is 19.7 Å². The maximum atomic E-state index is 11.5. The molecule has 1 saturated carbocycles. The van der Waals surface area contributed by atoms with E-state index in [0.29, 0.717) is 28.0 Å². The summed E-state index contributed by atoms with van der Waals surface area (Å²) in [6.07, 6.45) is 12.3. The van der Waals surface area contributed by atoms with E-state index in [0.717, 1.165) is 18.5 Å². The molecule has 0 radical (unpaired) electrons. The SMILES string of the molecule is O=c1[nH]c(O)c(/C=c2\cnn3c(=NC4CC4)cc(Nc4ccc(-n5ccnc5)cn4)nc23)[nH]1. The van der Waals surface area contributed by atoms with Gasteiger partial charge in [0.15, 0.2) is 11.1 Å². The van der Waals surface area contributed by atoms with E-state index >= 15 is 0 Å². The number of fused-ring (bicyclic) bond motifs is 1. The molecule has 0 aromatic carbocycles. The molecular weight excluding hydrogens is 424 g/mol. The van der Waals surface area contributed by atoms with Crippen molar-refractivity contribution in [3.63, 3.8) is 0 Å². The van der Waals surface area contributed by atoms with E-state index in [9.17, 15) is 9.90 Å². The summed E-state index contributed by atoms with van der Waals surface area (Å²) in [6.45, 7) is 0. The van der Waals surface area contributed by atoms with Crippen LogP contribution >= 0.6 is 0 Å². The van der Waals surface area contributed by atoms with Gasteiger partial charge in [0.1, 0.15) is 17.3 Å². The number of H-pyrrole nitrogens is 2. The maximum Gasteiger partial charge on any atom is 0.326 e. The number of rotatable bonds is 5. The third kappa shape index (κ3) is 3.73. The highest BCUT2D eigenvalue weighted by Crippen LogP contribution is 2.22. The first kappa shape index (κ1) is 19.0. The van der Waals surface area contributed by atoms with Gasteiger partial charge < -0.3 is 20.0 Å². The second-order valence-corrected chi connectivity index (χ2v) is 7.68. The molecule has 1 fully saturated rings. The summed E-state index contributed by atoms with van der Waals surface area (Å²) < 4.78 is 3.51. The van der Waals surface area contributed by atoms with E-state index in [-0.39, 0.29) is 17.6 Å². The molecule has 0 bridgehead atoms. The standard InChI is InChI=1S/C21H18N10O2/c32-20-15(26-21(33)29-20)7-12-9-24-31-18(25-13-1-2-13)8-17(28-19(12)31)27-16-4-3-14(10-23-16)30-6-5-22-11-30/h3-11,13,32H,1-2H2,(H,23,27)(H2,26,29,33)/b12-7+,25-18?. The fraction of sp³-hybridized carbons (Fsp3) is 0.143. The number of pyridine rings is 1. The molecule has 6 rings (SSSR count). The molecule has 0 spiro atoms. The molecule has 5 aromatic rings. The predicted molar refractivity (Wildman–Crippen MR) is 118 cm³/mol. The highest BCUT2D eigenvalue weighted by Gasteiger charge is 2.20. The van der Waals surface area contributed by atoms with Crippen molar-refractivity contribution < 1.29 is 5.11 Å². The summed E-state index contributed by atoms with van der Waals surface area (Å²) in [7, 11) is 0. The van der Waals surface area contributed by atoms with Crippen molar-refractivity contribution in [1.29, 1.82) is 0 Å². The average Bonchev–Trinajstić information content (AvgIpc) is 3.17. The summed E-state index contributed by atoms with van der Waals surface area (Å²) in [5.41, 5.74) is 1.81. The fourth-order valence-electron chi connectivity index (χ4n) is 3.42. The summed E-state index contributed by atoms with van der Waals surface area (Å²) in [5, 5.41) is 18.2. The zero-order valence-electron chi connectivity index (χ0n) is 17.2. The Labute approximate surface area is 185 Å². The molecule has 12 heteroatoms. The lowest BCUT2D eigenvalue weighted by Gasteiger charge is -2.07. The first-order valence-corrected chi connectivity index (χ1v) is 10.3. The third-order valence-corrected chi connectivity index (χ3v) is 5.18. The van der Waals surface area contributed by atoms with Crippen LogP contribution in [-0.4, -0.2) is 50.2 Å². The molecule has 33 heavy (non-hydrogen) atoms. The molecule has 0 aliphatic heterocycles. The maximum absolute atomic E-state index is 11.5. The van der Waals surface area contributed by atoms with Gasteiger partial charge in [-0.1, -0.05) is 0 Å². The fourth-order valence-corrected chi connectivity index (χ4v) is 3.42. The Bertz CT molecular complexity index is 1620. The number of hydrogen-bond donors (Lipinski definition) is 4. The van der Waals surface area contributed by atoms with Crippen molar-refractivity contribution in [2.75, 3.05) is 5.32 Å². The Kier molecular flexibility index (Phi) is 4.28. The molecule has 4 N–H and O–H groups in total. The van der Waals surface area contributed by atoms with E-state index in [1.54, 1.807) is 35.5 Å². The lowest BCUT2D eigenvalue weighted by Crippen LogP contribution is -2.20. The van der Waals surface area contributed by atoms with Crippen molar-refractivity contribution >= 4 is 23.4 Å². The zero-order chi connectivity index (χ0) is 22.4. The van der Waals surface area contributed by atoms with Crippen LogP contribution in [0, 0.1) is 0 Å². The summed E-state index contributed by atoms with van der Waals surface area (Å²) in [4.78, 5) is 34.3. The number of aromatic hydroxyl groups is 1. The number of nitrogens with one attached hydrogen (secondary N) is 3. The second-order valence-electron chi connectivity index (χ2n) is 7.68. The van der Waals surface area contributed by atoms with Gasteiger partial charge in [0, 0.05) is 23.7 Å². The Morgan fingerprint density at radius 1 is 1.21 bits per heavy atom. The molecule has 1 aliphatic carbocycles. The van der Waals surface area contributed by atoms with Crippen molar-refractivity contribution in [2.24, 2.45) is 4.99 Å². The van der Waals surface area contributed by atoms with Crippen LogP contribution in [0.2, 0.25) is 0 Å². The van der Waals surface area contributed by atoms with Crippen LogP contribution in [0.15, 0.2) is 59.1 Å². The second kappa shape index (κ2) is 7.44. The molecule has 0 atom stereocenters. The Morgan fingerprint density at radius 3 is 2.82 bits per heavy atom. The summed E-state index contributed by atoms with van der Waals surface area (Å²) >= 11 is 0. The van der Waals surface area contributed by atoms with Crippen LogP contribution in [0.25, 0.3) is 17.4 Å². The highest BCUT2D eigenvalue weighted by molar-refractivity contribution is 5.60. The molecule has 12 nitrogen and oxygen atoms in total. The molecule has 0 saturated heterocycles. The van der Waals surface area contributed by atoms with Gasteiger partial charge in [-0.15, -0.1) is 0 Å². The molecule has 5 heterocycles. The van der Waals surface area contributed by atoms with E-state index in [4.69, 9.17) is 4.99 Å². The highest BCUT2D eigenvalue weighted by atomic mass is 16.3. The summed E-state index contributed by atoms with van der Waals surface area (Å²) in [6, 6.07) is 5.88. The van der Waals surface area contributed by atoms with E-state index in [2.05, 4.69) is 35.3 Å². The number of anilines is 2. The van der Waals surface area contributed by atoms with Crippen molar-refractivity contribution in [1.82, 2.24) is 39.1 Å². The third-order valence-electron chi connectivity index (χ3n) is 5.18. The quantitative estimate of drug-likeness (QED) is 0.307. The van der Waals surface area contributed by atoms with Crippen molar-refractivity contribution in [3.8, 4) is 11.6 Å². The molecule has 1 aliphatic rings. The minimum atomic E-state index is -0.500. The number of nitrogens with zero attached hydrogens (tertiary/aromatic N) is 7. The van der Waals surface area contributed by atoms with Gasteiger partial charge in [-0.05, 0) is 31.1 Å². The van der Waals surface area contributed by atoms with Gasteiger partial charge in [-0.2, -0.15) is 9.61 Å². The monoisotopic (exact) mass is 442 g/mol. The number of aromatic nitrogens is 8. The Morgan fingerprint density at radius 2 is 2.12 bits per heavy atom. The number of hydrogen-bond acceptors (Lipinski definition) is 8. The van der Waals surface area contributed by atoms with E-state index in [1.165, 1.54) is 0 Å². The van der Waals surface area contributed by atoms with Crippen molar-refractivity contribution in [2.45, 2.75) is 18.9 Å². The Balaban J connectivity index is 1.43. The lowest BCUT2D eigenvalue weighted by molar-refractivity contribution is 0.454. The minimum Gasteiger partial charge on any atom is -0.493 e. The molecule has 0 amide bonds. The number of aromatic amines is 2. The lowest BCUT2D eigenvalue weighted by atomic mass is 10.3. The van der Waals surface area contributed by atoms with Gasteiger partial charge in [-0.3, -0.25) is 9.98 Å². The smallest absolute Gasteiger partial charge is 0.326 e. The normalized spacial score (nSPS) is 14.9. The predicted octanol–water partition coefficient (Wildman–Crippen LogP) is 0.386. The Hall–Kier alpha value is -4.74. The molecule has 0 unspecified atom stereocenters. The van der Waals surface area contributed by atoms with Crippen LogP contribution in [0.5, 0.6) is 5.88 Å². The van der Waals surface area contributed by atoms with Crippen LogP contribution in [-0.2, 0) is 0 Å². The van der Waals surface area contributed by atoms with Crippen molar-refractivity contribution in [3.05, 3.63) is 76.2 Å². The zero-order valence-corrected chi connectivity index (χ0v) is 17.2. The van der Waals surface area contributed by atoms with Gasteiger partial charge in [0.05, 0.1) is 30.5 Å². The van der Waals surface area contributed by atoms with Crippen LogP contribution in [0.3, 0.4) is 0 Å². The van der Waals surface area contributed by atoms with Gasteiger partial charge >= 0.3 is 5.69 Å². The van der Waals surface area contributed by atoms with E-state index < -0.39 is 5.69 Å². The minimum absolute atomic E-state index is 0.243. The summed E-state index contributed by atoms with van der Waals surface area (Å²) in [5.74, 6) is 0.913. The molecule has 164 valence electrons. The van der Waals surface area contributed by atoms with E-state index in [1.807, 2.05) is 29.0 Å². The largest absolute Gasteiger partial charge is 0.493 e. The van der Waals surface area contributed by atoms with Gasteiger partial charge in [0.25, 0.3) is 0 Å². The average molecular weight is 442 g/mol. The number of imidazole rings is 2. The first-order chi connectivity index (χ1) is 16.1. The van der Waals surface area contributed by atoms with Gasteiger partial charge in [0.2, 0.25) is 5.88 Å². The van der Waals surface area contributed by atoms with Crippen LogP contribution < -0.4 is 21.7 Å². The van der Waals surface area contributed by atoms with Crippen LogP contribution in [0.1, 0.15) is 18.5 Å². The molecule has 5 aromatic heterocycles.